The average molecular weight is 218 g/mol. The largest absolute Gasteiger partial charge is 0.398 e. The lowest BCUT2D eigenvalue weighted by atomic mass is 9.98. The Bertz CT molecular complexity index is 495. The van der Waals surface area contributed by atoms with Crippen molar-refractivity contribution < 1.29 is 8.78 Å². The number of rotatable bonds is 2. The van der Waals surface area contributed by atoms with E-state index in [0.29, 0.717) is 16.8 Å². The van der Waals surface area contributed by atoms with Crippen molar-refractivity contribution >= 4 is 5.69 Å². The highest BCUT2D eigenvalue weighted by molar-refractivity contribution is 5.79. The van der Waals surface area contributed by atoms with Crippen LogP contribution < -0.4 is 5.73 Å². The zero-order valence-electron chi connectivity index (χ0n) is 8.45. The van der Waals surface area contributed by atoms with Gasteiger partial charge in [0.15, 0.2) is 0 Å². The summed E-state index contributed by atoms with van der Waals surface area (Å²) in [6, 6.07) is 13.3. The quantitative estimate of drug-likeness (QED) is 0.764. The predicted octanol–water partition coefficient (Wildman–Crippen LogP) is 3.71. The monoisotopic (exact) mass is 218 g/mol. The van der Waals surface area contributed by atoms with E-state index in [-0.39, 0.29) is 5.56 Å². The van der Waals surface area contributed by atoms with Crippen LogP contribution in [0, 0.1) is 6.43 Å². The molecule has 0 aliphatic carbocycles. The normalized spacial score (nSPS) is 10.7. The maximum Gasteiger partial charge on any atom is 0.340 e. The molecule has 2 N–H and O–H groups in total. The van der Waals surface area contributed by atoms with Crippen LogP contribution in [0.25, 0.3) is 11.1 Å². The highest BCUT2D eigenvalue weighted by Gasteiger charge is 2.16. The van der Waals surface area contributed by atoms with Gasteiger partial charge in [-0.25, -0.2) is 0 Å². The van der Waals surface area contributed by atoms with Gasteiger partial charge in [0.25, 0.3) is 0 Å². The second kappa shape index (κ2) is 4.31. The number of nitrogens with two attached hydrogens (primary N) is 1. The van der Waals surface area contributed by atoms with E-state index >= 15 is 0 Å². The molecule has 0 atom stereocenters. The van der Waals surface area contributed by atoms with Gasteiger partial charge >= 0.3 is 6.43 Å². The highest BCUT2D eigenvalue weighted by atomic mass is 19.3. The van der Waals surface area contributed by atoms with E-state index in [2.05, 4.69) is 0 Å². The number of anilines is 1. The van der Waals surface area contributed by atoms with E-state index in [9.17, 15) is 8.78 Å². The molecule has 1 radical (unpaired) electrons. The number of nitrogen functional groups attached to an aromatic ring is 1. The lowest BCUT2D eigenvalue weighted by Gasteiger charge is -2.09. The van der Waals surface area contributed by atoms with E-state index in [4.69, 9.17) is 5.73 Å². The molecule has 1 nitrogen and oxygen atoms in total. The van der Waals surface area contributed by atoms with Crippen LogP contribution in [-0.4, -0.2) is 0 Å². The first-order valence-electron chi connectivity index (χ1n) is 4.82. The van der Waals surface area contributed by atoms with Crippen molar-refractivity contribution in [2.24, 2.45) is 0 Å². The zero-order valence-corrected chi connectivity index (χ0v) is 8.45. The van der Waals surface area contributed by atoms with Crippen LogP contribution >= 0.6 is 0 Å². The molecule has 0 bridgehead atoms. The van der Waals surface area contributed by atoms with Gasteiger partial charge in [-0.1, -0.05) is 42.5 Å². The van der Waals surface area contributed by atoms with Crippen molar-refractivity contribution in [3.05, 3.63) is 60.5 Å². The van der Waals surface area contributed by atoms with E-state index in [1.54, 1.807) is 42.5 Å². The van der Waals surface area contributed by atoms with Crippen LogP contribution in [0.1, 0.15) is 5.56 Å². The smallest absolute Gasteiger partial charge is 0.340 e. The van der Waals surface area contributed by atoms with Crippen LogP contribution in [0.3, 0.4) is 0 Å². The summed E-state index contributed by atoms with van der Waals surface area (Å²) in [5, 5.41) is 0. The first-order chi connectivity index (χ1) is 7.70. The van der Waals surface area contributed by atoms with Gasteiger partial charge in [0, 0.05) is 16.8 Å². The highest BCUT2D eigenvalue weighted by Crippen LogP contribution is 2.33. The van der Waals surface area contributed by atoms with Gasteiger partial charge in [0.05, 0.1) is 0 Å². The minimum Gasteiger partial charge on any atom is -0.398 e. The Labute approximate surface area is 92.5 Å². The fourth-order valence-corrected chi connectivity index (χ4v) is 1.63. The number of hydrogen-bond acceptors (Lipinski definition) is 1. The molecule has 16 heavy (non-hydrogen) atoms. The van der Waals surface area contributed by atoms with E-state index in [0.717, 1.165) is 0 Å². The summed E-state index contributed by atoms with van der Waals surface area (Å²) < 4.78 is 25.4. The third-order valence-electron chi connectivity index (χ3n) is 2.38. The van der Waals surface area contributed by atoms with Crippen LogP contribution in [0.2, 0.25) is 0 Å². The molecule has 0 heterocycles. The molecule has 0 aliphatic rings. The van der Waals surface area contributed by atoms with Gasteiger partial charge in [-0.15, -0.1) is 0 Å². The summed E-state index contributed by atoms with van der Waals surface area (Å²) in [4.78, 5) is 0. The maximum absolute atomic E-state index is 12.7. The molecule has 2 aromatic rings. The molecule has 0 saturated carbocycles. The van der Waals surface area contributed by atoms with Crippen molar-refractivity contribution in [1.29, 1.82) is 0 Å². The molecule has 3 heteroatoms. The van der Waals surface area contributed by atoms with Crippen molar-refractivity contribution in [3.63, 3.8) is 0 Å². The van der Waals surface area contributed by atoms with E-state index in [1.165, 1.54) is 6.07 Å². The standard InChI is InChI=1S/C13H10F2N/c14-13(15)11-7-2-1-5-9(11)10-6-3-4-8-12(10)16/h1-8H,16H2. The van der Waals surface area contributed by atoms with Crippen LogP contribution in [0.4, 0.5) is 14.5 Å². The first kappa shape index (κ1) is 10.6. The van der Waals surface area contributed by atoms with Crippen molar-refractivity contribution in [3.8, 4) is 11.1 Å². The van der Waals surface area contributed by atoms with Crippen molar-refractivity contribution in [2.75, 3.05) is 5.73 Å². The Morgan fingerprint density at radius 2 is 1.38 bits per heavy atom. The lowest BCUT2D eigenvalue weighted by molar-refractivity contribution is 0.325. The zero-order chi connectivity index (χ0) is 11.5. The molecule has 0 spiro atoms. The third-order valence-corrected chi connectivity index (χ3v) is 2.38. The molecule has 0 unspecified atom stereocenters. The Morgan fingerprint density at radius 1 is 0.812 bits per heavy atom. The summed E-state index contributed by atoms with van der Waals surface area (Å²) in [7, 11) is 0. The minimum atomic E-state index is -1.70. The average Bonchev–Trinajstić information content (AvgIpc) is 2.29. The summed E-state index contributed by atoms with van der Waals surface area (Å²) in [6.07, 6.45) is -1.70. The Kier molecular flexibility index (Phi) is 2.86. The Morgan fingerprint density at radius 3 is 2.00 bits per heavy atom. The lowest BCUT2D eigenvalue weighted by Crippen LogP contribution is -1.94. The van der Waals surface area contributed by atoms with Gasteiger partial charge in [-0.3, -0.25) is 0 Å². The topological polar surface area (TPSA) is 26.0 Å². The van der Waals surface area contributed by atoms with E-state index < -0.39 is 6.43 Å². The molecular formula is C13H10F2N. The second-order valence-corrected chi connectivity index (χ2v) is 3.39. The molecule has 0 amide bonds. The fraction of sp³-hybridized carbons (Fsp3) is 0. The van der Waals surface area contributed by atoms with Gasteiger partial charge in [0.2, 0.25) is 0 Å². The number of benzene rings is 2. The van der Waals surface area contributed by atoms with Gasteiger partial charge < -0.3 is 5.73 Å². The molecule has 0 saturated heterocycles. The molecule has 0 aliphatic heterocycles. The van der Waals surface area contributed by atoms with Crippen LogP contribution in [0.15, 0.2) is 48.5 Å². The van der Waals surface area contributed by atoms with Crippen molar-refractivity contribution in [1.82, 2.24) is 0 Å². The number of halogens is 2. The third kappa shape index (κ3) is 1.89. The van der Waals surface area contributed by atoms with Crippen LogP contribution in [0.5, 0.6) is 0 Å². The Hall–Kier alpha value is -1.90. The summed E-state index contributed by atoms with van der Waals surface area (Å²) in [6.45, 7) is 0. The predicted molar refractivity (Wildman–Crippen MR) is 60.9 cm³/mol. The first-order valence-corrected chi connectivity index (χ1v) is 4.82. The van der Waals surface area contributed by atoms with Gasteiger partial charge in [0.1, 0.15) is 0 Å². The SMILES string of the molecule is Nc1ccccc1-c1ccccc1[C](F)F. The summed E-state index contributed by atoms with van der Waals surface area (Å²) in [5.41, 5.74) is 7.28. The number of hydrogen-bond donors (Lipinski definition) is 1. The Balaban J connectivity index is 2.60. The molecule has 81 valence electrons. The van der Waals surface area contributed by atoms with Crippen LogP contribution in [-0.2, 0) is 0 Å². The fourth-order valence-electron chi connectivity index (χ4n) is 1.63. The molecule has 0 aromatic heterocycles. The number of para-hydroxylation sites is 1. The molecule has 2 rings (SSSR count). The minimum absolute atomic E-state index is 0.0691. The van der Waals surface area contributed by atoms with E-state index in [1.807, 2.05) is 0 Å². The molecule has 0 fully saturated rings. The summed E-state index contributed by atoms with van der Waals surface area (Å²) >= 11 is 0. The van der Waals surface area contributed by atoms with Crippen molar-refractivity contribution in [2.45, 2.75) is 0 Å². The molecule has 2 aromatic carbocycles. The maximum atomic E-state index is 12.7. The van der Waals surface area contributed by atoms with Gasteiger partial charge in [-0.05, 0) is 11.6 Å². The summed E-state index contributed by atoms with van der Waals surface area (Å²) in [5.74, 6) is 0. The molecular weight excluding hydrogens is 208 g/mol. The second-order valence-electron chi connectivity index (χ2n) is 3.39. The van der Waals surface area contributed by atoms with Gasteiger partial charge in [-0.2, -0.15) is 8.78 Å².